The Morgan fingerprint density at radius 3 is 2.55 bits per heavy atom. The number of rotatable bonds is 5. The Bertz CT molecular complexity index is 968. The topological polar surface area (TPSA) is 85.2 Å². The smallest absolute Gasteiger partial charge is 0.229 e. The van der Waals surface area contributed by atoms with Gasteiger partial charge in [-0.3, -0.25) is 9.36 Å². The van der Waals surface area contributed by atoms with Crippen LogP contribution < -0.4 is 15.0 Å². The van der Waals surface area contributed by atoms with Crippen LogP contribution in [0.5, 0.6) is 5.75 Å². The van der Waals surface area contributed by atoms with E-state index in [1.165, 1.54) is 0 Å². The maximum atomic E-state index is 12.7. The number of aryl methyl sites for hydroxylation is 1. The second-order valence-electron chi connectivity index (χ2n) is 7.10. The predicted octanol–water partition coefficient (Wildman–Crippen LogP) is 2.83. The van der Waals surface area contributed by atoms with Crippen LogP contribution in [0.4, 0.5) is 11.5 Å². The number of hydrogen-bond donors (Lipinski definition) is 1. The van der Waals surface area contributed by atoms with Crippen molar-refractivity contribution in [2.45, 2.75) is 19.8 Å². The summed E-state index contributed by atoms with van der Waals surface area (Å²) in [6, 6.07) is 11.2. The number of benzene rings is 1. The third-order valence-electron chi connectivity index (χ3n) is 5.18. The van der Waals surface area contributed by atoms with Crippen LogP contribution >= 0.6 is 0 Å². The third-order valence-corrected chi connectivity index (χ3v) is 5.18. The Morgan fingerprint density at radius 2 is 1.90 bits per heavy atom. The second-order valence-corrected chi connectivity index (χ2v) is 7.10. The normalized spacial score (nSPS) is 16.5. The van der Waals surface area contributed by atoms with Crippen LogP contribution in [-0.4, -0.2) is 45.9 Å². The number of nitrogens with one attached hydrogen (secondary N) is 1. The molecule has 3 heterocycles. The van der Waals surface area contributed by atoms with Gasteiger partial charge in [0.25, 0.3) is 0 Å². The number of imidazole rings is 1. The fraction of sp³-hybridized carbons (Fsp3) is 0.333. The minimum Gasteiger partial charge on any atom is -0.497 e. The molecule has 1 fully saturated rings. The van der Waals surface area contributed by atoms with Crippen LogP contribution in [0, 0.1) is 12.8 Å². The number of aromatic nitrogens is 4. The summed E-state index contributed by atoms with van der Waals surface area (Å²) in [5, 5.41) is 11.7. The Hall–Kier alpha value is -3.42. The summed E-state index contributed by atoms with van der Waals surface area (Å²) in [5.41, 5.74) is 0.771. The summed E-state index contributed by atoms with van der Waals surface area (Å²) >= 11 is 0. The van der Waals surface area contributed by atoms with Gasteiger partial charge in [0, 0.05) is 31.2 Å². The molecule has 1 aromatic carbocycles. The number of nitrogens with zero attached hydrogens (tertiary/aromatic N) is 5. The highest BCUT2D eigenvalue weighted by atomic mass is 16.5. The fourth-order valence-electron chi connectivity index (χ4n) is 3.55. The van der Waals surface area contributed by atoms with Crippen molar-refractivity contribution in [1.82, 2.24) is 19.7 Å². The highest BCUT2D eigenvalue weighted by Crippen LogP contribution is 2.24. The standard InChI is InChI=1S/C21H24N6O2/c1-15-22-11-13-27(15)20-10-9-19(24-25-20)26-12-3-4-16(14-26)21(28)23-17-5-7-18(29-2)8-6-17/h5-11,13,16H,3-4,12,14H2,1-2H3,(H,23,28). The number of anilines is 2. The molecule has 1 unspecified atom stereocenters. The van der Waals surface area contributed by atoms with Gasteiger partial charge >= 0.3 is 0 Å². The first-order valence-corrected chi connectivity index (χ1v) is 9.68. The zero-order chi connectivity index (χ0) is 20.2. The molecule has 8 nitrogen and oxygen atoms in total. The van der Waals surface area contributed by atoms with Crippen molar-refractivity contribution in [2.75, 3.05) is 30.4 Å². The van der Waals surface area contributed by atoms with Gasteiger partial charge in [0.05, 0.1) is 13.0 Å². The Kier molecular flexibility index (Phi) is 5.41. The highest BCUT2D eigenvalue weighted by Gasteiger charge is 2.27. The van der Waals surface area contributed by atoms with Crippen molar-refractivity contribution >= 4 is 17.4 Å². The van der Waals surface area contributed by atoms with Crippen LogP contribution in [0.3, 0.4) is 0 Å². The Labute approximate surface area is 169 Å². The van der Waals surface area contributed by atoms with Gasteiger partial charge in [0.1, 0.15) is 11.6 Å². The van der Waals surface area contributed by atoms with Crippen molar-refractivity contribution in [2.24, 2.45) is 5.92 Å². The lowest BCUT2D eigenvalue weighted by Gasteiger charge is -2.32. The molecule has 1 atom stereocenters. The van der Waals surface area contributed by atoms with Gasteiger partial charge in [-0.2, -0.15) is 0 Å². The molecule has 1 aliphatic rings. The van der Waals surface area contributed by atoms with Gasteiger partial charge in [0.2, 0.25) is 5.91 Å². The highest BCUT2D eigenvalue weighted by molar-refractivity contribution is 5.93. The maximum absolute atomic E-state index is 12.7. The average Bonchev–Trinajstić information content (AvgIpc) is 3.20. The predicted molar refractivity (Wildman–Crippen MR) is 110 cm³/mol. The molecule has 0 saturated carbocycles. The molecule has 1 N–H and O–H groups in total. The van der Waals surface area contributed by atoms with Crippen molar-refractivity contribution in [3.63, 3.8) is 0 Å². The van der Waals surface area contributed by atoms with E-state index < -0.39 is 0 Å². The quantitative estimate of drug-likeness (QED) is 0.719. The summed E-state index contributed by atoms with van der Waals surface area (Å²) in [6.07, 6.45) is 5.39. The first-order valence-electron chi connectivity index (χ1n) is 9.68. The van der Waals surface area contributed by atoms with Crippen LogP contribution in [0.15, 0.2) is 48.8 Å². The van der Waals surface area contributed by atoms with Gasteiger partial charge in [-0.25, -0.2) is 4.98 Å². The van der Waals surface area contributed by atoms with Gasteiger partial charge in [0.15, 0.2) is 11.6 Å². The van der Waals surface area contributed by atoms with Gasteiger partial charge < -0.3 is 15.0 Å². The van der Waals surface area contributed by atoms with Gasteiger partial charge in [-0.1, -0.05) is 0 Å². The number of piperidine rings is 1. The number of hydrogen-bond acceptors (Lipinski definition) is 6. The molecular formula is C21H24N6O2. The van der Waals surface area contributed by atoms with Crippen LogP contribution in [0.25, 0.3) is 5.82 Å². The van der Waals surface area contributed by atoms with E-state index in [1.54, 1.807) is 13.3 Å². The van der Waals surface area contributed by atoms with Crippen LogP contribution in [0.2, 0.25) is 0 Å². The molecule has 0 spiro atoms. The van der Waals surface area contributed by atoms with E-state index in [0.717, 1.165) is 48.3 Å². The van der Waals surface area contributed by atoms with Crippen LogP contribution in [-0.2, 0) is 4.79 Å². The van der Waals surface area contributed by atoms with E-state index in [1.807, 2.05) is 54.1 Å². The largest absolute Gasteiger partial charge is 0.497 e. The molecule has 0 aliphatic carbocycles. The molecule has 2 aromatic heterocycles. The molecule has 4 rings (SSSR count). The molecular weight excluding hydrogens is 368 g/mol. The molecule has 0 radical (unpaired) electrons. The number of ether oxygens (including phenoxy) is 1. The summed E-state index contributed by atoms with van der Waals surface area (Å²) in [4.78, 5) is 19.1. The Balaban J connectivity index is 1.41. The monoisotopic (exact) mass is 392 g/mol. The van der Waals surface area contributed by atoms with E-state index in [9.17, 15) is 4.79 Å². The van der Waals surface area contributed by atoms with E-state index >= 15 is 0 Å². The lowest BCUT2D eigenvalue weighted by molar-refractivity contribution is -0.120. The number of carbonyl (C=O) groups excluding carboxylic acids is 1. The molecule has 3 aromatic rings. The van der Waals surface area contributed by atoms with Crippen molar-refractivity contribution in [3.8, 4) is 11.6 Å². The third kappa shape index (κ3) is 4.21. The fourth-order valence-corrected chi connectivity index (χ4v) is 3.55. The Morgan fingerprint density at radius 1 is 1.14 bits per heavy atom. The average molecular weight is 392 g/mol. The molecule has 150 valence electrons. The molecule has 1 amide bonds. The van der Waals surface area contributed by atoms with Crippen LogP contribution in [0.1, 0.15) is 18.7 Å². The van der Waals surface area contributed by atoms with Crippen molar-refractivity contribution in [1.29, 1.82) is 0 Å². The molecule has 1 aliphatic heterocycles. The maximum Gasteiger partial charge on any atom is 0.229 e. The van der Waals surface area contributed by atoms with Gasteiger partial charge in [-0.05, 0) is 56.2 Å². The minimum absolute atomic E-state index is 0.0264. The molecule has 0 bridgehead atoms. The van der Waals surface area contributed by atoms with E-state index in [0.29, 0.717) is 6.54 Å². The summed E-state index contributed by atoms with van der Waals surface area (Å²) in [6.45, 7) is 3.41. The van der Waals surface area contributed by atoms with Crippen molar-refractivity contribution in [3.05, 3.63) is 54.6 Å². The zero-order valence-electron chi connectivity index (χ0n) is 16.6. The lowest BCUT2D eigenvalue weighted by atomic mass is 9.97. The van der Waals surface area contributed by atoms with E-state index in [2.05, 4.69) is 25.4 Å². The van der Waals surface area contributed by atoms with E-state index in [-0.39, 0.29) is 11.8 Å². The molecule has 29 heavy (non-hydrogen) atoms. The number of methoxy groups -OCH3 is 1. The first-order chi connectivity index (χ1) is 14.1. The second kappa shape index (κ2) is 8.30. The molecule has 1 saturated heterocycles. The number of amides is 1. The summed E-state index contributed by atoms with van der Waals surface area (Å²) in [5.74, 6) is 3.07. The summed E-state index contributed by atoms with van der Waals surface area (Å²) in [7, 11) is 1.62. The van der Waals surface area contributed by atoms with Gasteiger partial charge in [-0.15, -0.1) is 10.2 Å². The summed E-state index contributed by atoms with van der Waals surface area (Å²) < 4.78 is 7.04. The SMILES string of the molecule is COc1ccc(NC(=O)C2CCCN(c3ccc(-n4ccnc4C)nn3)C2)cc1. The number of carbonyl (C=O) groups is 1. The van der Waals surface area contributed by atoms with Crippen molar-refractivity contribution < 1.29 is 9.53 Å². The lowest BCUT2D eigenvalue weighted by Crippen LogP contribution is -2.41. The molecule has 8 heteroatoms. The van der Waals surface area contributed by atoms with E-state index in [4.69, 9.17) is 4.74 Å². The zero-order valence-corrected chi connectivity index (χ0v) is 16.6. The minimum atomic E-state index is -0.0942. The first kappa shape index (κ1) is 18.9.